The topological polar surface area (TPSA) is 63.5 Å². The summed E-state index contributed by atoms with van der Waals surface area (Å²) in [7, 11) is 0. The summed E-state index contributed by atoms with van der Waals surface area (Å²) in [6.07, 6.45) is 2.92. The Bertz CT molecular complexity index is 1320. The second-order valence-corrected chi connectivity index (χ2v) is 8.35. The second kappa shape index (κ2) is 11.0. The van der Waals surface area contributed by atoms with Gasteiger partial charge in [0.05, 0.1) is 0 Å². The van der Waals surface area contributed by atoms with E-state index in [9.17, 15) is 4.79 Å². The lowest BCUT2D eigenvalue weighted by Gasteiger charge is -2.10. The van der Waals surface area contributed by atoms with Crippen LogP contribution in [-0.2, 0) is 4.79 Å². The minimum absolute atomic E-state index is 0.169. The number of carbonyl (C=O) groups is 1. The summed E-state index contributed by atoms with van der Waals surface area (Å²) >= 11 is 17.0. The quantitative estimate of drug-likeness (QED) is 0.207. The number of rotatable bonds is 6. The van der Waals surface area contributed by atoms with Crippen LogP contribution in [0.2, 0.25) is 10.0 Å². The van der Waals surface area contributed by atoms with Gasteiger partial charge in [-0.2, -0.15) is 0 Å². The normalized spacial score (nSPS) is 10.8. The Hall–Kier alpha value is -3.58. The molecular formula is C26H18Cl2N2O3S. The van der Waals surface area contributed by atoms with Crippen LogP contribution < -0.4 is 15.4 Å². The van der Waals surface area contributed by atoms with Crippen molar-refractivity contribution in [1.82, 2.24) is 5.32 Å². The molecule has 0 saturated heterocycles. The number of anilines is 1. The third-order valence-corrected chi connectivity index (χ3v) is 5.26. The molecule has 4 rings (SSSR count). The van der Waals surface area contributed by atoms with E-state index in [1.807, 2.05) is 18.2 Å². The fraction of sp³-hybridized carbons (Fsp3) is 0. The third-order valence-electron chi connectivity index (χ3n) is 4.55. The first-order chi connectivity index (χ1) is 16.4. The van der Waals surface area contributed by atoms with Crippen molar-refractivity contribution in [2.24, 2.45) is 0 Å². The molecule has 0 unspecified atom stereocenters. The molecule has 34 heavy (non-hydrogen) atoms. The molecule has 0 radical (unpaired) electrons. The Morgan fingerprint density at radius 2 is 1.41 bits per heavy atom. The molecule has 0 saturated carbocycles. The van der Waals surface area contributed by atoms with Gasteiger partial charge in [-0.15, -0.1) is 0 Å². The maximum atomic E-state index is 12.2. The molecule has 1 amide bonds. The van der Waals surface area contributed by atoms with Gasteiger partial charge in [-0.1, -0.05) is 23.2 Å². The Balaban J connectivity index is 1.27. The van der Waals surface area contributed by atoms with E-state index in [1.165, 1.54) is 6.08 Å². The molecule has 170 valence electrons. The second-order valence-electron chi connectivity index (χ2n) is 7.07. The van der Waals surface area contributed by atoms with Crippen molar-refractivity contribution in [3.05, 3.63) is 107 Å². The number of carbonyl (C=O) groups excluding carboxylic acids is 1. The molecule has 1 aromatic heterocycles. The summed E-state index contributed by atoms with van der Waals surface area (Å²) in [5.41, 5.74) is 1.60. The molecule has 5 nitrogen and oxygen atoms in total. The van der Waals surface area contributed by atoms with Crippen molar-refractivity contribution in [2.75, 3.05) is 5.32 Å². The highest BCUT2D eigenvalue weighted by atomic mass is 35.5. The van der Waals surface area contributed by atoms with Crippen molar-refractivity contribution < 1.29 is 13.9 Å². The molecule has 0 aliphatic rings. The zero-order valence-electron chi connectivity index (χ0n) is 17.6. The van der Waals surface area contributed by atoms with Gasteiger partial charge >= 0.3 is 0 Å². The first-order valence-corrected chi connectivity index (χ1v) is 11.3. The maximum Gasteiger partial charge on any atom is 0.250 e. The van der Waals surface area contributed by atoms with Gasteiger partial charge in [0, 0.05) is 27.4 Å². The van der Waals surface area contributed by atoms with E-state index in [4.69, 9.17) is 44.6 Å². The van der Waals surface area contributed by atoms with Crippen molar-refractivity contribution in [1.29, 1.82) is 0 Å². The van der Waals surface area contributed by atoms with Crippen LogP contribution in [0.4, 0.5) is 5.69 Å². The number of hydrogen-bond acceptors (Lipinski definition) is 4. The van der Waals surface area contributed by atoms with E-state index in [0.717, 1.165) is 5.56 Å². The predicted octanol–water partition coefficient (Wildman–Crippen LogP) is 7.57. The van der Waals surface area contributed by atoms with Crippen LogP contribution in [-0.4, -0.2) is 11.0 Å². The highest BCUT2D eigenvalue weighted by Gasteiger charge is 2.06. The summed E-state index contributed by atoms with van der Waals surface area (Å²) in [5, 5.41) is 7.02. The molecule has 1 heterocycles. The van der Waals surface area contributed by atoms with Crippen LogP contribution in [0.3, 0.4) is 0 Å². The standard InChI is InChI=1S/C26H18Cl2N2O3S/c27-18-3-1-17(2-4-18)24-15-13-23(33-24)14-16-25(31)30-26(34)29-20-7-11-22(12-8-20)32-21-9-5-19(28)6-10-21/h1-16H,(H2,29,30,31,34). The van der Waals surface area contributed by atoms with Gasteiger partial charge in [-0.25, -0.2) is 0 Å². The monoisotopic (exact) mass is 508 g/mol. The Morgan fingerprint density at radius 3 is 2.06 bits per heavy atom. The van der Waals surface area contributed by atoms with Gasteiger partial charge in [0.15, 0.2) is 5.11 Å². The Morgan fingerprint density at radius 1 is 0.824 bits per heavy atom. The Labute approximate surface area is 212 Å². The van der Waals surface area contributed by atoms with Crippen molar-refractivity contribution in [3.8, 4) is 22.8 Å². The number of hydrogen-bond donors (Lipinski definition) is 2. The highest BCUT2D eigenvalue weighted by molar-refractivity contribution is 7.80. The number of amides is 1. The summed E-state index contributed by atoms with van der Waals surface area (Å²) < 4.78 is 11.5. The largest absolute Gasteiger partial charge is 0.457 e. The third kappa shape index (κ3) is 6.71. The maximum absolute atomic E-state index is 12.2. The smallest absolute Gasteiger partial charge is 0.250 e. The van der Waals surface area contributed by atoms with Crippen molar-refractivity contribution >= 4 is 58.2 Å². The molecule has 3 aromatic carbocycles. The highest BCUT2D eigenvalue weighted by Crippen LogP contribution is 2.25. The van der Waals surface area contributed by atoms with Crippen LogP contribution >= 0.6 is 35.4 Å². The lowest BCUT2D eigenvalue weighted by Crippen LogP contribution is -2.32. The summed E-state index contributed by atoms with van der Waals surface area (Å²) in [6, 6.07) is 25.2. The lowest BCUT2D eigenvalue weighted by molar-refractivity contribution is -0.115. The molecule has 0 aliphatic heterocycles. The summed E-state index contributed by atoms with van der Waals surface area (Å²) in [5.74, 6) is 2.16. The predicted molar refractivity (Wildman–Crippen MR) is 141 cm³/mol. The van der Waals surface area contributed by atoms with E-state index < -0.39 is 0 Å². The molecule has 0 spiro atoms. The SMILES string of the molecule is O=C(C=Cc1ccc(-c2ccc(Cl)cc2)o1)NC(=S)Nc1ccc(Oc2ccc(Cl)cc2)cc1. The van der Waals surface area contributed by atoms with E-state index in [-0.39, 0.29) is 11.0 Å². The van der Waals surface area contributed by atoms with E-state index in [2.05, 4.69) is 10.6 Å². The zero-order valence-corrected chi connectivity index (χ0v) is 20.0. The first-order valence-electron chi connectivity index (χ1n) is 10.1. The van der Waals surface area contributed by atoms with Crippen LogP contribution in [0.5, 0.6) is 11.5 Å². The lowest BCUT2D eigenvalue weighted by atomic mass is 10.2. The van der Waals surface area contributed by atoms with Crippen molar-refractivity contribution in [3.63, 3.8) is 0 Å². The zero-order chi connectivity index (χ0) is 23.9. The van der Waals surface area contributed by atoms with Crippen LogP contribution in [0, 0.1) is 0 Å². The molecule has 0 fully saturated rings. The minimum Gasteiger partial charge on any atom is -0.457 e. The summed E-state index contributed by atoms with van der Waals surface area (Å²) in [4.78, 5) is 12.2. The summed E-state index contributed by atoms with van der Waals surface area (Å²) in [6.45, 7) is 0. The number of halogens is 2. The molecule has 0 atom stereocenters. The van der Waals surface area contributed by atoms with Gasteiger partial charge in [0.1, 0.15) is 23.0 Å². The molecule has 0 aliphatic carbocycles. The van der Waals surface area contributed by atoms with E-state index in [0.29, 0.717) is 38.8 Å². The molecule has 4 aromatic rings. The molecule has 2 N–H and O–H groups in total. The van der Waals surface area contributed by atoms with Crippen LogP contribution in [0.15, 0.2) is 95.4 Å². The molecule has 8 heteroatoms. The van der Waals surface area contributed by atoms with Gasteiger partial charge in [0.25, 0.3) is 0 Å². The van der Waals surface area contributed by atoms with Gasteiger partial charge < -0.3 is 14.5 Å². The van der Waals surface area contributed by atoms with Gasteiger partial charge in [-0.05, 0) is 103 Å². The molecular weight excluding hydrogens is 491 g/mol. The van der Waals surface area contributed by atoms with Crippen molar-refractivity contribution in [2.45, 2.75) is 0 Å². The van der Waals surface area contributed by atoms with E-state index >= 15 is 0 Å². The average Bonchev–Trinajstić information content (AvgIpc) is 3.30. The average molecular weight is 509 g/mol. The number of nitrogens with one attached hydrogen (secondary N) is 2. The fourth-order valence-electron chi connectivity index (χ4n) is 2.93. The van der Waals surface area contributed by atoms with Gasteiger partial charge in [0.2, 0.25) is 5.91 Å². The Kier molecular flexibility index (Phi) is 7.65. The van der Waals surface area contributed by atoms with E-state index in [1.54, 1.807) is 72.8 Å². The fourth-order valence-corrected chi connectivity index (χ4v) is 3.40. The number of thiocarbonyl (C=S) groups is 1. The number of benzene rings is 3. The van der Waals surface area contributed by atoms with Gasteiger partial charge in [-0.3, -0.25) is 10.1 Å². The number of ether oxygens (including phenoxy) is 1. The van der Waals surface area contributed by atoms with Crippen LogP contribution in [0.1, 0.15) is 5.76 Å². The number of furan rings is 1. The van der Waals surface area contributed by atoms with Crippen LogP contribution in [0.25, 0.3) is 17.4 Å². The minimum atomic E-state index is -0.385. The first kappa shape index (κ1) is 23.6. The molecule has 0 bridgehead atoms.